The summed E-state index contributed by atoms with van der Waals surface area (Å²) in [6, 6.07) is 0.390. The Morgan fingerprint density at radius 2 is 1.10 bits per heavy atom. The molecule has 0 aliphatic rings. The lowest BCUT2D eigenvalue weighted by atomic mass is 10.1. The minimum atomic E-state index is -3.07. The molecule has 0 heterocycles. The Kier molecular flexibility index (Phi) is 10.5. The number of carbonyl (C=O) groups is 1. The highest BCUT2D eigenvalue weighted by molar-refractivity contribution is 6.60. The Balaban J connectivity index is 2.77. The molecule has 0 aliphatic heterocycles. The van der Waals surface area contributed by atoms with Crippen LogP contribution in [0.5, 0.6) is 0 Å². The van der Waals surface area contributed by atoms with Gasteiger partial charge in [0.1, 0.15) is 5.56 Å². The minimum Gasteiger partial charge on any atom is -0.462 e. The molecule has 11 heteroatoms. The zero-order valence-electron chi connectivity index (χ0n) is 18.5. The highest BCUT2D eigenvalue weighted by atomic mass is 28.4. The van der Waals surface area contributed by atoms with E-state index >= 15 is 0 Å². The van der Waals surface area contributed by atoms with E-state index in [0.29, 0.717) is 12.5 Å². The molecule has 0 bridgehead atoms. The number of hydrogen-bond donors (Lipinski definition) is 0. The first-order chi connectivity index (χ1) is 14.3. The molecule has 0 aromatic heterocycles. The Morgan fingerprint density at radius 1 is 0.710 bits per heavy atom. The number of rotatable bonds is 12. The second kappa shape index (κ2) is 11.9. The summed E-state index contributed by atoms with van der Waals surface area (Å²) >= 11 is 0. The summed E-state index contributed by atoms with van der Waals surface area (Å²) in [7, 11) is -3.07. The van der Waals surface area contributed by atoms with Gasteiger partial charge in [0.15, 0.2) is 23.3 Å². The monoisotopic (exact) mass is 472 g/mol. The van der Waals surface area contributed by atoms with Crippen molar-refractivity contribution in [3.05, 3.63) is 34.6 Å². The third kappa shape index (κ3) is 7.81. The number of carbonyl (C=O) groups excluding carboxylic acids is 1. The predicted molar refractivity (Wildman–Crippen MR) is 105 cm³/mol. The molecule has 0 unspecified atom stereocenters. The molecule has 178 valence electrons. The zero-order chi connectivity index (χ0) is 23.9. The lowest BCUT2D eigenvalue weighted by Crippen LogP contribution is -2.50. The molecule has 0 radical (unpaired) electrons. The van der Waals surface area contributed by atoms with Crippen LogP contribution in [0.4, 0.5) is 22.0 Å². The van der Waals surface area contributed by atoms with Crippen LogP contribution in [0.2, 0.25) is 6.04 Å². The van der Waals surface area contributed by atoms with E-state index in [1.54, 1.807) is 0 Å². The molecule has 31 heavy (non-hydrogen) atoms. The van der Waals surface area contributed by atoms with Crippen LogP contribution in [0.1, 0.15) is 64.7 Å². The van der Waals surface area contributed by atoms with Crippen molar-refractivity contribution in [3.63, 3.8) is 0 Å². The van der Waals surface area contributed by atoms with Gasteiger partial charge < -0.3 is 18.0 Å². The van der Waals surface area contributed by atoms with Gasteiger partial charge in [0.25, 0.3) is 0 Å². The molecule has 5 nitrogen and oxygen atoms in total. The number of halogens is 5. The lowest BCUT2D eigenvalue weighted by Gasteiger charge is -2.34. The molecule has 0 fully saturated rings. The van der Waals surface area contributed by atoms with Crippen LogP contribution in [-0.4, -0.2) is 39.7 Å². The summed E-state index contributed by atoms with van der Waals surface area (Å²) < 4.78 is 89.6. The Hall–Kier alpha value is -1.56. The van der Waals surface area contributed by atoms with Crippen molar-refractivity contribution in [1.82, 2.24) is 0 Å². The van der Waals surface area contributed by atoms with Crippen molar-refractivity contribution in [2.24, 2.45) is 0 Å². The third-order valence-corrected chi connectivity index (χ3v) is 7.23. The van der Waals surface area contributed by atoms with Crippen LogP contribution >= 0.6 is 0 Å². The van der Waals surface area contributed by atoms with Crippen LogP contribution in [0.25, 0.3) is 0 Å². The Morgan fingerprint density at radius 3 is 1.48 bits per heavy atom. The molecule has 0 saturated carbocycles. The lowest BCUT2D eigenvalue weighted by molar-refractivity contribution is 0.00257. The largest absolute Gasteiger partial charge is 0.501 e. The second-order valence-electron chi connectivity index (χ2n) is 7.72. The van der Waals surface area contributed by atoms with Gasteiger partial charge in [-0.2, -0.15) is 0 Å². The molecule has 1 aromatic rings. The number of benzene rings is 1. The van der Waals surface area contributed by atoms with Crippen LogP contribution in [0.15, 0.2) is 0 Å². The van der Waals surface area contributed by atoms with Gasteiger partial charge in [0.2, 0.25) is 5.82 Å². The molecule has 1 rings (SSSR count). The van der Waals surface area contributed by atoms with Crippen molar-refractivity contribution in [2.45, 2.75) is 78.7 Å². The molecule has 0 aliphatic carbocycles. The highest BCUT2D eigenvalue weighted by Crippen LogP contribution is 2.26. The fourth-order valence-corrected chi connectivity index (χ4v) is 6.16. The zero-order valence-corrected chi connectivity index (χ0v) is 19.5. The van der Waals surface area contributed by atoms with Crippen LogP contribution in [0.3, 0.4) is 0 Å². The molecule has 1 aromatic carbocycles. The van der Waals surface area contributed by atoms with Crippen LogP contribution in [0, 0.1) is 29.1 Å². The van der Waals surface area contributed by atoms with Gasteiger partial charge in [-0.3, -0.25) is 0 Å². The average molecular weight is 473 g/mol. The number of unbranched alkanes of at least 4 members (excludes halogenated alkanes) is 1. The minimum absolute atomic E-state index is 0.156. The number of ether oxygens (including phenoxy) is 1. The Bertz CT molecular complexity index is 702. The maximum Gasteiger partial charge on any atom is 0.501 e. The molecule has 0 N–H and O–H groups in total. The van der Waals surface area contributed by atoms with Gasteiger partial charge >= 0.3 is 14.8 Å². The molecule has 0 amide bonds. The first kappa shape index (κ1) is 27.5. The standard InChI is InChI=1S/C20H29F5O5Si/c1-11(2)28-31(29-12(3)4,30-13(5)6)10-8-7-9-27-20(26)14-15(21)17(23)19(25)18(24)16(14)22/h11-13H,7-10H2,1-6H3. The number of hydrogen-bond acceptors (Lipinski definition) is 5. The van der Waals surface area contributed by atoms with Gasteiger partial charge in [0, 0.05) is 24.4 Å². The molecule has 0 spiro atoms. The van der Waals surface area contributed by atoms with Gasteiger partial charge in [0.05, 0.1) is 6.61 Å². The highest BCUT2D eigenvalue weighted by Gasteiger charge is 2.43. The molecule has 0 saturated heterocycles. The van der Waals surface area contributed by atoms with E-state index in [4.69, 9.17) is 18.0 Å². The Labute approximate surface area is 180 Å². The van der Waals surface area contributed by atoms with E-state index in [1.807, 2.05) is 41.5 Å². The first-order valence-electron chi connectivity index (χ1n) is 10.0. The van der Waals surface area contributed by atoms with Gasteiger partial charge in [-0.1, -0.05) is 0 Å². The van der Waals surface area contributed by atoms with Gasteiger partial charge in [-0.05, 0) is 54.4 Å². The van der Waals surface area contributed by atoms with E-state index in [9.17, 15) is 26.7 Å². The maximum atomic E-state index is 13.7. The van der Waals surface area contributed by atoms with Crippen molar-refractivity contribution >= 4 is 14.8 Å². The van der Waals surface area contributed by atoms with E-state index in [1.165, 1.54) is 0 Å². The van der Waals surface area contributed by atoms with Crippen molar-refractivity contribution in [3.8, 4) is 0 Å². The van der Waals surface area contributed by atoms with E-state index < -0.39 is 49.4 Å². The van der Waals surface area contributed by atoms with Crippen molar-refractivity contribution < 1.29 is 44.8 Å². The third-order valence-electron chi connectivity index (χ3n) is 3.77. The first-order valence-corrected chi connectivity index (χ1v) is 12.0. The van der Waals surface area contributed by atoms with E-state index in [2.05, 4.69) is 0 Å². The van der Waals surface area contributed by atoms with Gasteiger partial charge in [-0.15, -0.1) is 0 Å². The smallest absolute Gasteiger partial charge is 0.462 e. The molecular formula is C20H29F5O5Si. The van der Waals surface area contributed by atoms with Crippen molar-refractivity contribution in [2.75, 3.05) is 6.61 Å². The summed E-state index contributed by atoms with van der Waals surface area (Å²) in [6.07, 6.45) is 0.187. The second-order valence-corrected chi connectivity index (χ2v) is 10.3. The summed E-state index contributed by atoms with van der Waals surface area (Å²) in [4.78, 5) is 11.9. The molecular weight excluding hydrogens is 443 g/mol. The fraction of sp³-hybridized carbons (Fsp3) is 0.650. The quantitative estimate of drug-likeness (QED) is 0.1000. The average Bonchev–Trinajstić information content (AvgIpc) is 2.62. The predicted octanol–water partition coefficient (Wildman–Crippen LogP) is 5.53. The summed E-state index contributed by atoms with van der Waals surface area (Å²) in [5.41, 5.74) is -1.62. The van der Waals surface area contributed by atoms with Crippen molar-refractivity contribution in [1.29, 1.82) is 0 Å². The SMILES string of the molecule is CC(C)O[Si](CCCCOC(=O)c1c(F)c(F)c(F)c(F)c1F)(OC(C)C)OC(C)C. The normalized spacial score (nSPS) is 12.3. The van der Waals surface area contributed by atoms with Crippen LogP contribution < -0.4 is 0 Å². The number of esters is 1. The summed E-state index contributed by atoms with van der Waals surface area (Å²) in [5, 5.41) is 0. The van der Waals surface area contributed by atoms with E-state index in [0.717, 1.165) is 0 Å². The van der Waals surface area contributed by atoms with E-state index in [-0.39, 0.29) is 31.3 Å². The molecule has 0 atom stereocenters. The summed E-state index contributed by atoms with van der Waals surface area (Å²) in [5.74, 6) is -12.8. The fourth-order valence-electron chi connectivity index (χ4n) is 2.80. The van der Waals surface area contributed by atoms with Crippen LogP contribution in [-0.2, 0) is 18.0 Å². The van der Waals surface area contributed by atoms with Gasteiger partial charge in [-0.25, -0.2) is 26.7 Å². The summed E-state index contributed by atoms with van der Waals surface area (Å²) in [6.45, 7) is 10.8. The maximum absolute atomic E-state index is 13.7. The topological polar surface area (TPSA) is 54.0 Å².